The van der Waals surface area contributed by atoms with Gasteiger partial charge in [-0.1, -0.05) is 17.7 Å². The highest BCUT2D eigenvalue weighted by Crippen LogP contribution is 2.25. The second-order valence-electron chi connectivity index (χ2n) is 5.51. The van der Waals surface area contributed by atoms with Crippen molar-refractivity contribution >= 4 is 17.5 Å². The van der Waals surface area contributed by atoms with Crippen molar-refractivity contribution < 1.29 is 13.9 Å². The number of nitrogens with one attached hydrogen (secondary N) is 1. The van der Waals surface area contributed by atoms with E-state index < -0.39 is 5.82 Å². The third-order valence-electron chi connectivity index (χ3n) is 3.88. The van der Waals surface area contributed by atoms with Crippen LogP contribution >= 0.6 is 11.6 Å². The van der Waals surface area contributed by atoms with Gasteiger partial charge in [0.25, 0.3) is 0 Å². The topological polar surface area (TPSA) is 58.2 Å². The Hall–Kier alpha value is -1.92. The average molecular weight is 338 g/mol. The van der Waals surface area contributed by atoms with Gasteiger partial charge in [-0.3, -0.25) is 4.79 Å². The molecule has 2 heterocycles. The van der Waals surface area contributed by atoms with E-state index in [-0.39, 0.29) is 29.0 Å². The van der Waals surface area contributed by atoms with Crippen molar-refractivity contribution in [2.75, 3.05) is 19.8 Å². The van der Waals surface area contributed by atoms with Crippen molar-refractivity contribution in [3.05, 3.63) is 52.3 Å². The number of aromatic amines is 1. The lowest BCUT2D eigenvalue weighted by atomic mass is 10.1. The number of amides is 1. The molecule has 122 valence electrons. The largest absolute Gasteiger partial charge is 0.377 e. The first-order chi connectivity index (χ1) is 11.1. The predicted molar refractivity (Wildman–Crippen MR) is 83.7 cm³/mol. The van der Waals surface area contributed by atoms with Crippen molar-refractivity contribution in [1.29, 1.82) is 0 Å². The number of imidazole rings is 1. The van der Waals surface area contributed by atoms with Gasteiger partial charge in [-0.05, 0) is 19.1 Å². The van der Waals surface area contributed by atoms with Crippen LogP contribution in [0.3, 0.4) is 0 Å². The predicted octanol–water partition coefficient (Wildman–Crippen LogP) is 2.65. The summed E-state index contributed by atoms with van der Waals surface area (Å²) in [6.07, 6.45) is 1.63. The fraction of sp³-hybridized carbons (Fsp3) is 0.375. The molecular formula is C16H17ClFN3O2. The zero-order valence-corrected chi connectivity index (χ0v) is 13.4. The summed E-state index contributed by atoms with van der Waals surface area (Å²) in [5.41, 5.74) is 1.13. The number of nitrogens with zero attached hydrogens (tertiary/aromatic N) is 2. The summed E-state index contributed by atoms with van der Waals surface area (Å²) < 4.78 is 19.4. The van der Waals surface area contributed by atoms with Gasteiger partial charge in [-0.15, -0.1) is 0 Å². The molecule has 1 unspecified atom stereocenters. The average Bonchev–Trinajstić information content (AvgIpc) is 2.97. The van der Waals surface area contributed by atoms with Crippen LogP contribution in [0.4, 0.5) is 4.39 Å². The molecule has 0 spiro atoms. The molecule has 1 N–H and O–H groups in total. The lowest BCUT2D eigenvalue weighted by Gasteiger charge is -2.34. The van der Waals surface area contributed by atoms with Crippen LogP contribution in [0.5, 0.6) is 0 Å². The lowest BCUT2D eigenvalue weighted by molar-refractivity contribution is -0.139. The first-order valence-electron chi connectivity index (χ1n) is 7.38. The Morgan fingerprint density at radius 3 is 3.09 bits per heavy atom. The molecule has 0 aliphatic carbocycles. The summed E-state index contributed by atoms with van der Waals surface area (Å²) in [4.78, 5) is 21.8. The molecule has 1 aromatic carbocycles. The quantitative estimate of drug-likeness (QED) is 0.936. The number of H-pyrrole nitrogens is 1. The SMILES string of the molecule is Cc1cnc(C2COCCN2C(=O)Cc2c(F)cccc2Cl)[nH]1. The molecular weight excluding hydrogens is 321 g/mol. The van der Waals surface area contributed by atoms with Crippen LogP contribution in [0.25, 0.3) is 0 Å². The standard InChI is InChI=1S/C16H17ClFN3O2/c1-10-8-19-16(20-10)14-9-23-6-5-21(14)15(22)7-11-12(17)3-2-4-13(11)18/h2-4,8,14H,5-7,9H2,1H3,(H,19,20). The van der Waals surface area contributed by atoms with Gasteiger partial charge < -0.3 is 14.6 Å². The maximum Gasteiger partial charge on any atom is 0.227 e. The molecule has 0 radical (unpaired) electrons. The highest BCUT2D eigenvalue weighted by atomic mass is 35.5. The van der Waals surface area contributed by atoms with Gasteiger partial charge in [0.15, 0.2) is 0 Å². The van der Waals surface area contributed by atoms with E-state index in [9.17, 15) is 9.18 Å². The summed E-state index contributed by atoms with van der Waals surface area (Å²) in [5.74, 6) is 0.0130. The number of halogens is 2. The molecule has 1 aliphatic rings. The van der Waals surface area contributed by atoms with Crippen LogP contribution in [0.1, 0.15) is 23.1 Å². The fourth-order valence-corrected chi connectivity index (χ4v) is 2.91. The van der Waals surface area contributed by atoms with Crippen LogP contribution in [-0.2, 0) is 16.0 Å². The van der Waals surface area contributed by atoms with Crippen molar-refractivity contribution in [2.24, 2.45) is 0 Å². The third kappa shape index (κ3) is 3.38. The van der Waals surface area contributed by atoms with Crippen LogP contribution in [0.2, 0.25) is 5.02 Å². The van der Waals surface area contributed by atoms with Crippen LogP contribution in [0.15, 0.2) is 24.4 Å². The first-order valence-corrected chi connectivity index (χ1v) is 7.75. The maximum absolute atomic E-state index is 13.9. The second-order valence-corrected chi connectivity index (χ2v) is 5.91. The number of hydrogen-bond acceptors (Lipinski definition) is 3. The Balaban J connectivity index is 1.82. The minimum atomic E-state index is -0.468. The monoisotopic (exact) mass is 337 g/mol. The van der Waals surface area contributed by atoms with E-state index in [2.05, 4.69) is 9.97 Å². The highest BCUT2D eigenvalue weighted by molar-refractivity contribution is 6.31. The van der Waals surface area contributed by atoms with Crippen molar-refractivity contribution in [2.45, 2.75) is 19.4 Å². The van der Waals surface area contributed by atoms with Gasteiger partial charge in [-0.25, -0.2) is 9.37 Å². The Labute approximate surface area is 138 Å². The molecule has 2 aromatic rings. The number of morpholine rings is 1. The van der Waals surface area contributed by atoms with E-state index in [0.29, 0.717) is 25.6 Å². The van der Waals surface area contributed by atoms with Crippen molar-refractivity contribution in [1.82, 2.24) is 14.9 Å². The molecule has 23 heavy (non-hydrogen) atoms. The van der Waals surface area contributed by atoms with Crippen LogP contribution in [0, 0.1) is 12.7 Å². The van der Waals surface area contributed by atoms with Gasteiger partial charge in [-0.2, -0.15) is 0 Å². The summed E-state index contributed by atoms with van der Waals surface area (Å²) in [6.45, 7) is 3.15. The fourth-order valence-electron chi connectivity index (χ4n) is 2.68. The number of ether oxygens (including phenoxy) is 1. The van der Waals surface area contributed by atoms with E-state index in [0.717, 1.165) is 5.69 Å². The zero-order chi connectivity index (χ0) is 16.4. The highest BCUT2D eigenvalue weighted by Gasteiger charge is 2.31. The zero-order valence-electron chi connectivity index (χ0n) is 12.7. The number of aromatic nitrogens is 2. The second kappa shape index (κ2) is 6.68. The Bertz CT molecular complexity index is 699. The number of benzene rings is 1. The number of carbonyl (C=O) groups excluding carboxylic acids is 1. The molecule has 1 aliphatic heterocycles. The summed E-state index contributed by atoms with van der Waals surface area (Å²) in [7, 11) is 0. The van der Waals surface area contributed by atoms with Crippen LogP contribution in [-0.4, -0.2) is 40.5 Å². The normalized spacial score (nSPS) is 18.2. The summed E-state index contributed by atoms with van der Waals surface area (Å²) in [6, 6.07) is 4.12. The van der Waals surface area contributed by atoms with Gasteiger partial charge in [0.05, 0.1) is 19.6 Å². The first kappa shape index (κ1) is 16.0. The molecule has 1 fully saturated rings. The Morgan fingerprint density at radius 2 is 2.39 bits per heavy atom. The third-order valence-corrected chi connectivity index (χ3v) is 4.23. The summed E-state index contributed by atoms with van der Waals surface area (Å²) in [5, 5.41) is 0.261. The minimum Gasteiger partial charge on any atom is -0.377 e. The maximum atomic E-state index is 13.9. The molecule has 1 atom stereocenters. The van der Waals surface area contributed by atoms with Gasteiger partial charge in [0.1, 0.15) is 17.7 Å². The van der Waals surface area contributed by atoms with Crippen molar-refractivity contribution in [3.63, 3.8) is 0 Å². The molecule has 1 saturated heterocycles. The van der Waals surface area contributed by atoms with E-state index in [1.165, 1.54) is 12.1 Å². The molecule has 0 bridgehead atoms. The van der Waals surface area contributed by atoms with Gasteiger partial charge in [0.2, 0.25) is 5.91 Å². The number of hydrogen-bond donors (Lipinski definition) is 1. The number of aryl methyl sites for hydroxylation is 1. The smallest absolute Gasteiger partial charge is 0.227 e. The lowest BCUT2D eigenvalue weighted by Crippen LogP contribution is -2.44. The molecule has 7 heteroatoms. The molecule has 1 amide bonds. The minimum absolute atomic E-state index is 0.0816. The van der Waals surface area contributed by atoms with Crippen LogP contribution < -0.4 is 0 Å². The van der Waals surface area contributed by atoms with E-state index in [1.54, 1.807) is 17.2 Å². The molecule has 0 saturated carbocycles. The van der Waals surface area contributed by atoms with Gasteiger partial charge in [0, 0.05) is 29.0 Å². The number of rotatable bonds is 3. The van der Waals surface area contributed by atoms with Gasteiger partial charge >= 0.3 is 0 Å². The summed E-state index contributed by atoms with van der Waals surface area (Å²) >= 11 is 6.02. The van der Waals surface area contributed by atoms with E-state index in [4.69, 9.17) is 16.3 Å². The van der Waals surface area contributed by atoms with E-state index >= 15 is 0 Å². The molecule has 3 rings (SSSR count). The number of carbonyl (C=O) groups is 1. The molecule has 1 aromatic heterocycles. The Morgan fingerprint density at radius 1 is 1.57 bits per heavy atom. The van der Waals surface area contributed by atoms with E-state index in [1.807, 2.05) is 6.92 Å². The van der Waals surface area contributed by atoms with Crippen molar-refractivity contribution in [3.8, 4) is 0 Å². The molecule has 5 nitrogen and oxygen atoms in total. The Kier molecular flexibility index (Phi) is 4.63.